The molecule has 29 heavy (non-hydrogen) atoms. The summed E-state index contributed by atoms with van der Waals surface area (Å²) in [5.41, 5.74) is 1.03. The van der Waals surface area contributed by atoms with E-state index in [1.807, 2.05) is 18.7 Å². The Hall–Kier alpha value is -1.82. The van der Waals surface area contributed by atoms with Crippen molar-refractivity contribution in [2.45, 2.75) is 82.0 Å². The van der Waals surface area contributed by atoms with E-state index >= 15 is 0 Å². The van der Waals surface area contributed by atoms with Crippen molar-refractivity contribution in [2.24, 2.45) is 0 Å². The third kappa shape index (κ3) is 3.29. The molecule has 4 aliphatic rings. The van der Waals surface area contributed by atoms with Crippen LogP contribution in [0.4, 0.5) is 9.18 Å². The second-order valence-corrected chi connectivity index (χ2v) is 9.60. The summed E-state index contributed by atoms with van der Waals surface area (Å²) in [6, 6.07) is 6.09. The first-order chi connectivity index (χ1) is 13.9. The van der Waals surface area contributed by atoms with Crippen LogP contribution in [0.1, 0.15) is 57.9 Å². The van der Waals surface area contributed by atoms with Crippen LogP contribution in [0.2, 0.25) is 0 Å². The van der Waals surface area contributed by atoms with E-state index in [1.54, 1.807) is 12.1 Å². The number of rotatable bonds is 2. The molecule has 0 N–H and O–H groups in total. The minimum Gasteiger partial charge on any atom is -0.492 e. The molecule has 4 aliphatic heterocycles. The molecular weight excluding hydrogens is 371 g/mol. The summed E-state index contributed by atoms with van der Waals surface area (Å²) in [7, 11) is 0. The lowest BCUT2D eigenvalue weighted by Gasteiger charge is -2.46. The molecule has 1 aromatic rings. The van der Waals surface area contributed by atoms with Crippen molar-refractivity contribution < 1.29 is 18.7 Å². The number of piperidine rings is 2. The first-order valence-corrected chi connectivity index (χ1v) is 11.1. The van der Waals surface area contributed by atoms with Gasteiger partial charge in [-0.3, -0.25) is 0 Å². The number of hydrogen-bond acceptors (Lipinski definition) is 4. The molecule has 2 unspecified atom stereocenters. The lowest BCUT2D eigenvalue weighted by atomic mass is 9.74. The fourth-order valence-corrected chi connectivity index (χ4v) is 6.07. The molecule has 158 valence electrons. The van der Waals surface area contributed by atoms with Crippen LogP contribution in [-0.4, -0.2) is 59.8 Å². The summed E-state index contributed by atoms with van der Waals surface area (Å²) < 4.78 is 25.2. The summed E-state index contributed by atoms with van der Waals surface area (Å²) in [5, 5.41) is 0. The van der Waals surface area contributed by atoms with Gasteiger partial charge in [-0.1, -0.05) is 0 Å². The molecule has 3 saturated heterocycles. The van der Waals surface area contributed by atoms with Crippen molar-refractivity contribution in [3.05, 3.63) is 29.6 Å². The highest BCUT2D eigenvalue weighted by molar-refractivity contribution is 5.69. The van der Waals surface area contributed by atoms with E-state index in [1.165, 1.54) is 6.07 Å². The van der Waals surface area contributed by atoms with Gasteiger partial charge in [0.05, 0.1) is 12.7 Å². The van der Waals surface area contributed by atoms with Crippen LogP contribution < -0.4 is 4.74 Å². The maximum absolute atomic E-state index is 13.8. The van der Waals surface area contributed by atoms with Gasteiger partial charge in [0.25, 0.3) is 0 Å². The molecule has 1 amide bonds. The lowest BCUT2D eigenvalue weighted by Crippen LogP contribution is -2.55. The van der Waals surface area contributed by atoms with E-state index in [4.69, 9.17) is 9.47 Å². The fraction of sp³-hybridized carbons (Fsp3) is 0.696. The van der Waals surface area contributed by atoms with Gasteiger partial charge in [-0.15, -0.1) is 0 Å². The molecule has 1 aromatic carbocycles. The van der Waals surface area contributed by atoms with Crippen molar-refractivity contribution in [3.63, 3.8) is 0 Å². The number of carbonyl (C=O) groups excluding carboxylic acids is 1. The Morgan fingerprint density at radius 2 is 1.86 bits per heavy atom. The first-order valence-electron chi connectivity index (χ1n) is 11.1. The van der Waals surface area contributed by atoms with E-state index in [9.17, 15) is 9.18 Å². The Bertz CT molecular complexity index is 776. The van der Waals surface area contributed by atoms with E-state index in [2.05, 4.69) is 4.90 Å². The number of ether oxygens (including phenoxy) is 2. The van der Waals surface area contributed by atoms with Crippen molar-refractivity contribution in [2.75, 3.05) is 19.7 Å². The molecule has 0 aromatic heterocycles. The van der Waals surface area contributed by atoms with Gasteiger partial charge in [-0.25, -0.2) is 9.18 Å². The number of likely N-dealkylation sites (tertiary alicyclic amines) is 1. The third-order valence-electron chi connectivity index (χ3n) is 7.54. The van der Waals surface area contributed by atoms with Crippen molar-refractivity contribution in [1.82, 2.24) is 9.80 Å². The van der Waals surface area contributed by atoms with Gasteiger partial charge in [0.2, 0.25) is 0 Å². The summed E-state index contributed by atoms with van der Waals surface area (Å²) in [5.74, 6) is 0.683. The monoisotopic (exact) mass is 402 g/mol. The zero-order chi connectivity index (χ0) is 20.2. The van der Waals surface area contributed by atoms with E-state index in [0.717, 1.165) is 62.9 Å². The van der Waals surface area contributed by atoms with Gasteiger partial charge in [0, 0.05) is 29.1 Å². The minimum absolute atomic E-state index is 0.0330. The molecule has 4 heterocycles. The molecule has 6 heteroatoms. The van der Waals surface area contributed by atoms with Gasteiger partial charge < -0.3 is 19.3 Å². The molecule has 3 fully saturated rings. The largest absolute Gasteiger partial charge is 0.492 e. The number of fused-ring (bicyclic) bond motifs is 4. The van der Waals surface area contributed by atoms with Crippen LogP contribution in [-0.2, 0) is 10.2 Å². The van der Waals surface area contributed by atoms with Crippen LogP contribution in [0.15, 0.2) is 18.2 Å². The van der Waals surface area contributed by atoms with E-state index in [-0.39, 0.29) is 23.4 Å². The Balaban J connectivity index is 1.24. The molecule has 0 radical (unpaired) electrons. The highest BCUT2D eigenvalue weighted by atomic mass is 19.1. The maximum atomic E-state index is 13.8. The fourth-order valence-electron chi connectivity index (χ4n) is 6.07. The molecule has 2 atom stereocenters. The number of carbonyl (C=O) groups is 1. The number of benzene rings is 1. The second-order valence-electron chi connectivity index (χ2n) is 9.60. The van der Waals surface area contributed by atoms with Crippen molar-refractivity contribution in [3.8, 4) is 5.75 Å². The third-order valence-corrected chi connectivity index (χ3v) is 7.54. The van der Waals surface area contributed by atoms with Crippen LogP contribution >= 0.6 is 0 Å². The van der Waals surface area contributed by atoms with Gasteiger partial charge in [-0.05, 0) is 83.7 Å². The number of halogens is 1. The summed E-state index contributed by atoms with van der Waals surface area (Å²) in [4.78, 5) is 17.1. The first kappa shape index (κ1) is 19.2. The topological polar surface area (TPSA) is 42.0 Å². The molecule has 2 bridgehead atoms. The standard InChI is InChI=1S/C23H31FN2O3/c1-15(2)29-22(27)26-17-4-5-18(26)13-19(12-17)25-9-7-23(8-10-25)14-28-21-6-3-16(24)11-20(21)23/h3,6,11,15,17-19H,4-5,7-10,12-14H2,1-2H3. The Kier molecular flexibility index (Phi) is 4.72. The summed E-state index contributed by atoms with van der Waals surface area (Å²) in [6.45, 7) is 6.52. The number of amides is 1. The van der Waals surface area contributed by atoms with Crippen LogP contribution in [0.3, 0.4) is 0 Å². The quantitative estimate of drug-likeness (QED) is 0.747. The van der Waals surface area contributed by atoms with Crippen LogP contribution in [0, 0.1) is 5.82 Å². The van der Waals surface area contributed by atoms with E-state index in [0.29, 0.717) is 24.7 Å². The normalized spacial score (nSPS) is 30.5. The minimum atomic E-state index is -0.173. The number of nitrogens with zero attached hydrogens (tertiary/aromatic N) is 2. The molecule has 5 nitrogen and oxygen atoms in total. The molecule has 1 spiro atoms. The van der Waals surface area contributed by atoms with Crippen LogP contribution in [0.5, 0.6) is 5.75 Å². The zero-order valence-corrected chi connectivity index (χ0v) is 17.4. The second kappa shape index (κ2) is 7.15. The zero-order valence-electron chi connectivity index (χ0n) is 17.4. The average molecular weight is 403 g/mol. The van der Waals surface area contributed by atoms with Gasteiger partial charge in [0.1, 0.15) is 11.6 Å². The highest BCUT2D eigenvalue weighted by Gasteiger charge is 2.48. The van der Waals surface area contributed by atoms with Gasteiger partial charge >= 0.3 is 6.09 Å². The molecular formula is C23H31FN2O3. The van der Waals surface area contributed by atoms with Crippen molar-refractivity contribution in [1.29, 1.82) is 0 Å². The summed E-state index contributed by atoms with van der Waals surface area (Å²) in [6.07, 6.45) is 6.07. The Labute approximate surface area is 172 Å². The van der Waals surface area contributed by atoms with Crippen LogP contribution in [0.25, 0.3) is 0 Å². The SMILES string of the molecule is CC(C)OC(=O)N1C2CCC1CC(N1CCC3(CC1)COc1ccc(F)cc13)C2. The smallest absolute Gasteiger partial charge is 0.410 e. The number of hydrogen-bond donors (Lipinski definition) is 0. The predicted molar refractivity (Wildman–Crippen MR) is 108 cm³/mol. The summed E-state index contributed by atoms with van der Waals surface area (Å²) >= 11 is 0. The lowest BCUT2D eigenvalue weighted by molar-refractivity contribution is 0.0153. The maximum Gasteiger partial charge on any atom is 0.410 e. The van der Waals surface area contributed by atoms with Gasteiger partial charge in [0.15, 0.2) is 0 Å². The molecule has 5 rings (SSSR count). The van der Waals surface area contributed by atoms with E-state index < -0.39 is 0 Å². The average Bonchev–Trinajstić information content (AvgIpc) is 3.16. The Morgan fingerprint density at radius 1 is 1.17 bits per heavy atom. The molecule has 0 aliphatic carbocycles. The predicted octanol–water partition coefficient (Wildman–Crippen LogP) is 4.09. The van der Waals surface area contributed by atoms with Crippen molar-refractivity contribution >= 4 is 6.09 Å². The van der Waals surface area contributed by atoms with Gasteiger partial charge in [-0.2, -0.15) is 0 Å². The Morgan fingerprint density at radius 3 is 2.52 bits per heavy atom. The highest BCUT2D eigenvalue weighted by Crippen LogP contribution is 2.47. The molecule has 0 saturated carbocycles.